The highest BCUT2D eigenvalue weighted by Gasteiger charge is 2.35. The summed E-state index contributed by atoms with van der Waals surface area (Å²) < 4.78 is 65.9. The third-order valence-electron chi connectivity index (χ3n) is 5.98. The molecule has 0 aliphatic carbocycles. The fourth-order valence-corrected chi connectivity index (χ4v) is 5.55. The number of nitrogens with zero attached hydrogens (tertiary/aromatic N) is 1. The second-order valence-electron chi connectivity index (χ2n) is 8.60. The Hall–Kier alpha value is -2.92. The summed E-state index contributed by atoms with van der Waals surface area (Å²) in [5.74, 6) is -0.719. The molecule has 1 aliphatic heterocycles. The number of aryl methyl sites for hydroxylation is 1. The van der Waals surface area contributed by atoms with Crippen molar-refractivity contribution in [2.45, 2.75) is 56.3 Å². The molecule has 2 aromatic carbocycles. The maximum absolute atomic E-state index is 13.0. The first kappa shape index (κ1) is 26.7. The van der Waals surface area contributed by atoms with E-state index in [9.17, 15) is 31.2 Å². The van der Waals surface area contributed by atoms with E-state index < -0.39 is 32.7 Å². The highest BCUT2D eigenvalue weighted by molar-refractivity contribution is 7.89. The third kappa shape index (κ3) is 6.82. The van der Waals surface area contributed by atoms with E-state index >= 15 is 0 Å². The van der Waals surface area contributed by atoms with Gasteiger partial charge in [0.15, 0.2) is 0 Å². The van der Waals surface area contributed by atoms with Gasteiger partial charge in [-0.25, -0.2) is 8.42 Å². The van der Waals surface area contributed by atoms with E-state index in [2.05, 4.69) is 10.6 Å². The van der Waals surface area contributed by atoms with Crippen LogP contribution in [0.5, 0.6) is 0 Å². The van der Waals surface area contributed by atoms with Gasteiger partial charge in [-0.1, -0.05) is 30.3 Å². The van der Waals surface area contributed by atoms with E-state index in [0.717, 1.165) is 33.6 Å². The highest BCUT2D eigenvalue weighted by Crippen LogP contribution is 2.31. The van der Waals surface area contributed by atoms with Crippen LogP contribution in [0, 0.1) is 6.92 Å². The number of benzene rings is 2. The number of alkyl halides is 3. The normalized spacial score (nSPS) is 16.5. The zero-order chi connectivity index (χ0) is 25.8. The molecule has 2 aromatic rings. The number of amides is 2. The van der Waals surface area contributed by atoms with Crippen LogP contribution in [0.1, 0.15) is 36.5 Å². The largest absolute Gasteiger partial charge is 0.416 e. The molecule has 1 saturated heterocycles. The fourth-order valence-electron chi connectivity index (χ4n) is 4.04. The van der Waals surface area contributed by atoms with Gasteiger partial charge in [0.25, 0.3) is 0 Å². The van der Waals surface area contributed by atoms with Crippen LogP contribution in [0.15, 0.2) is 53.4 Å². The van der Waals surface area contributed by atoms with Crippen LogP contribution in [0.4, 0.5) is 13.2 Å². The number of halogens is 3. The summed E-state index contributed by atoms with van der Waals surface area (Å²) in [5.41, 5.74) is 0.880. The molecule has 1 unspecified atom stereocenters. The number of carbonyl (C=O) groups excluding carboxylic acids is 2. The van der Waals surface area contributed by atoms with E-state index in [1.54, 1.807) is 0 Å². The van der Waals surface area contributed by atoms with Gasteiger partial charge in [0.05, 0.1) is 10.5 Å². The summed E-state index contributed by atoms with van der Waals surface area (Å²) >= 11 is 0. The number of sulfonamides is 1. The zero-order valence-corrected chi connectivity index (χ0v) is 20.2. The maximum Gasteiger partial charge on any atom is 0.416 e. The zero-order valence-electron chi connectivity index (χ0n) is 19.4. The first-order valence-electron chi connectivity index (χ1n) is 11.2. The molecule has 3 rings (SSSR count). The molecular weight excluding hydrogens is 483 g/mol. The molecule has 0 aromatic heterocycles. The lowest BCUT2D eigenvalue weighted by molar-refractivity contribution is -0.137. The van der Waals surface area contributed by atoms with Crippen molar-refractivity contribution >= 4 is 21.8 Å². The van der Waals surface area contributed by atoms with Crippen molar-refractivity contribution in [3.8, 4) is 0 Å². The number of hydrogen-bond donors (Lipinski definition) is 2. The van der Waals surface area contributed by atoms with Crippen molar-refractivity contribution in [2.24, 2.45) is 0 Å². The van der Waals surface area contributed by atoms with Crippen LogP contribution in [-0.2, 0) is 32.2 Å². The lowest BCUT2D eigenvalue weighted by Gasteiger charge is -2.32. The predicted octanol–water partition coefficient (Wildman–Crippen LogP) is 3.03. The van der Waals surface area contributed by atoms with Gasteiger partial charge in [-0.15, -0.1) is 0 Å². The third-order valence-corrected chi connectivity index (χ3v) is 7.87. The van der Waals surface area contributed by atoms with Crippen LogP contribution >= 0.6 is 0 Å². The number of hydrogen-bond acceptors (Lipinski definition) is 4. The summed E-state index contributed by atoms with van der Waals surface area (Å²) in [5, 5.41) is 5.55. The van der Waals surface area contributed by atoms with Gasteiger partial charge >= 0.3 is 6.18 Å². The van der Waals surface area contributed by atoms with E-state index in [1.165, 1.54) is 6.92 Å². The Morgan fingerprint density at radius 1 is 1.09 bits per heavy atom. The number of carbonyl (C=O) groups is 2. The standard InChI is InChI=1S/C24H28F3N3O4S/c1-16-6-3-4-7-18(16)14-22(28-17(2)31)23(32)29-20-10-12-30(13-11-20)35(33,34)21-9-5-8-19(15-21)24(25,26)27/h3-9,15,20,22H,10-14H2,1-2H3,(H,28,31)(H,29,32). The summed E-state index contributed by atoms with van der Waals surface area (Å²) in [7, 11) is -4.11. The molecule has 35 heavy (non-hydrogen) atoms. The van der Waals surface area contributed by atoms with E-state index in [4.69, 9.17) is 0 Å². The van der Waals surface area contributed by atoms with E-state index in [0.29, 0.717) is 25.3 Å². The minimum atomic E-state index is -4.65. The highest BCUT2D eigenvalue weighted by atomic mass is 32.2. The number of piperidine rings is 1. The Labute approximate surface area is 202 Å². The molecule has 2 amide bonds. The monoisotopic (exact) mass is 511 g/mol. The van der Waals surface area contributed by atoms with Crippen molar-refractivity contribution in [2.75, 3.05) is 13.1 Å². The Kier molecular flexibility index (Phi) is 8.22. The Morgan fingerprint density at radius 3 is 2.34 bits per heavy atom. The van der Waals surface area contributed by atoms with E-state index in [-0.39, 0.29) is 30.9 Å². The van der Waals surface area contributed by atoms with Crippen molar-refractivity contribution in [1.82, 2.24) is 14.9 Å². The molecule has 1 aliphatic rings. The molecular formula is C24H28F3N3O4S. The molecule has 1 atom stereocenters. The summed E-state index contributed by atoms with van der Waals surface area (Å²) in [6.45, 7) is 3.34. The molecule has 0 spiro atoms. The van der Waals surface area contributed by atoms with E-state index in [1.807, 2.05) is 31.2 Å². The van der Waals surface area contributed by atoms with Crippen molar-refractivity contribution in [1.29, 1.82) is 0 Å². The number of rotatable bonds is 7. The van der Waals surface area contributed by atoms with Gasteiger partial charge in [-0.3, -0.25) is 9.59 Å². The van der Waals surface area contributed by atoms with Crippen LogP contribution in [0.25, 0.3) is 0 Å². The van der Waals surface area contributed by atoms with Crippen LogP contribution in [0.3, 0.4) is 0 Å². The first-order chi connectivity index (χ1) is 16.4. The lowest BCUT2D eigenvalue weighted by Crippen LogP contribution is -2.53. The summed E-state index contributed by atoms with van der Waals surface area (Å²) in [6.07, 6.45) is -3.76. The topological polar surface area (TPSA) is 95.6 Å². The molecule has 11 heteroatoms. The molecule has 1 fully saturated rings. The smallest absolute Gasteiger partial charge is 0.351 e. The average molecular weight is 512 g/mol. The van der Waals surface area contributed by atoms with Crippen LogP contribution in [0.2, 0.25) is 0 Å². The van der Waals surface area contributed by atoms with Crippen LogP contribution < -0.4 is 10.6 Å². The van der Waals surface area contributed by atoms with Gasteiger partial charge < -0.3 is 10.6 Å². The SMILES string of the molecule is CC(=O)NC(Cc1ccccc1C)C(=O)NC1CCN(S(=O)(=O)c2cccc(C(F)(F)F)c2)CC1. The van der Waals surface area contributed by atoms with Crippen molar-refractivity contribution in [3.63, 3.8) is 0 Å². The second-order valence-corrected chi connectivity index (χ2v) is 10.5. The van der Waals surface area contributed by atoms with Gasteiger partial charge in [0.1, 0.15) is 6.04 Å². The fraction of sp³-hybridized carbons (Fsp3) is 0.417. The minimum absolute atomic E-state index is 0.0477. The molecule has 190 valence electrons. The van der Waals surface area contributed by atoms with Crippen molar-refractivity contribution in [3.05, 3.63) is 65.2 Å². The first-order valence-corrected chi connectivity index (χ1v) is 12.6. The Bertz CT molecular complexity index is 1180. The molecule has 7 nitrogen and oxygen atoms in total. The Balaban J connectivity index is 1.64. The number of nitrogens with one attached hydrogen (secondary N) is 2. The second kappa shape index (κ2) is 10.8. The molecule has 0 radical (unpaired) electrons. The predicted molar refractivity (Wildman–Crippen MR) is 124 cm³/mol. The van der Waals surface area contributed by atoms with Crippen LogP contribution in [-0.4, -0.2) is 49.7 Å². The molecule has 1 heterocycles. The van der Waals surface area contributed by atoms with Crippen molar-refractivity contribution < 1.29 is 31.2 Å². The Morgan fingerprint density at radius 2 is 1.74 bits per heavy atom. The molecule has 2 N–H and O–H groups in total. The molecule has 0 bridgehead atoms. The maximum atomic E-state index is 13.0. The quantitative estimate of drug-likeness (QED) is 0.598. The summed E-state index contributed by atoms with van der Waals surface area (Å²) in [6, 6.07) is 10.1. The summed E-state index contributed by atoms with van der Waals surface area (Å²) in [4.78, 5) is 24.2. The van der Waals surface area contributed by atoms with Gasteiger partial charge in [0, 0.05) is 32.5 Å². The average Bonchev–Trinajstić information content (AvgIpc) is 2.79. The minimum Gasteiger partial charge on any atom is -0.351 e. The lowest BCUT2D eigenvalue weighted by atomic mass is 9.99. The van der Waals surface area contributed by atoms with Gasteiger partial charge in [-0.2, -0.15) is 17.5 Å². The molecule has 0 saturated carbocycles. The van der Waals surface area contributed by atoms with Gasteiger partial charge in [-0.05, 0) is 49.1 Å². The van der Waals surface area contributed by atoms with Gasteiger partial charge in [0.2, 0.25) is 21.8 Å².